The van der Waals surface area contributed by atoms with Gasteiger partial charge >= 0.3 is 0 Å². The third kappa shape index (κ3) is 3.10. The maximum Gasteiger partial charge on any atom is 0.277 e. The van der Waals surface area contributed by atoms with Crippen molar-refractivity contribution in [2.45, 2.75) is 59.0 Å². The SMILES string of the molecule is CC(=O)N1CCc2nc3cc(C4CCCCN4C(=O)C(C)C)[nH]n3c(=O)c2C1. The Morgan fingerprint density at radius 2 is 2.04 bits per heavy atom. The van der Waals surface area contributed by atoms with Gasteiger partial charge in [-0.15, -0.1) is 0 Å². The molecule has 2 aromatic heterocycles. The van der Waals surface area contributed by atoms with E-state index in [0.717, 1.165) is 37.2 Å². The molecule has 1 saturated heterocycles. The van der Waals surface area contributed by atoms with Crippen LogP contribution in [0, 0.1) is 5.92 Å². The minimum atomic E-state index is -0.158. The second-order valence-corrected chi connectivity index (χ2v) is 8.14. The molecule has 0 spiro atoms. The Morgan fingerprint density at radius 3 is 2.75 bits per heavy atom. The van der Waals surface area contributed by atoms with Gasteiger partial charge in [-0.1, -0.05) is 13.8 Å². The maximum atomic E-state index is 13.0. The lowest BCUT2D eigenvalue weighted by Crippen LogP contribution is -2.41. The molecule has 1 unspecified atom stereocenters. The molecule has 8 heteroatoms. The van der Waals surface area contributed by atoms with Crippen molar-refractivity contribution in [3.8, 4) is 0 Å². The third-order valence-electron chi connectivity index (χ3n) is 5.87. The first-order valence-corrected chi connectivity index (χ1v) is 10.1. The van der Waals surface area contributed by atoms with Crippen LogP contribution in [0.4, 0.5) is 0 Å². The summed E-state index contributed by atoms with van der Waals surface area (Å²) in [5.74, 6) is 0.0446. The highest BCUT2D eigenvalue weighted by molar-refractivity contribution is 5.78. The molecular formula is C20H27N5O3. The van der Waals surface area contributed by atoms with E-state index < -0.39 is 0 Å². The Labute approximate surface area is 163 Å². The fourth-order valence-corrected chi connectivity index (χ4v) is 4.29. The van der Waals surface area contributed by atoms with Gasteiger partial charge in [0.25, 0.3) is 5.56 Å². The second-order valence-electron chi connectivity index (χ2n) is 8.14. The number of hydrogen-bond acceptors (Lipinski definition) is 4. The van der Waals surface area contributed by atoms with Crippen molar-refractivity contribution < 1.29 is 9.59 Å². The van der Waals surface area contributed by atoms with Crippen molar-refractivity contribution in [3.05, 3.63) is 33.4 Å². The number of amides is 2. The van der Waals surface area contributed by atoms with Gasteiger partial charge in [0.05, 0.1) is 29.5 Å². The van der Waals surface area contributed by atoms with E-state index in [-0.39, 0.29) is 29.3 Å². The summed E-state index contributed by atoms with van der Waals surface area (Å²) in [5.41, 5.74) is 2.62. The minimum Gasteiger partial charge on any atom is -0.338 e. The zero-order valence-corrected chi connectivity index (χ0v) is 16.7. The molecular weight excluding hydrogens is 358 g/mol. The summed E-state index contributed by atoms with van der Waals surface area (Å²) in [6.07, 6.45) is 3.51. The number of aromatic amines is 1. The van der Waals surface area contributed by atoms with Gasteiger partial charge in [-0.25, -0.2) is 9.50 Å². The van der Waals surface area contributed by atoms with Gasteiger partial charge in [0, 0.05) is 38.4 Å². The molecule has 0 aromatic carbocycles. The molecule has 1 fully saturated rings. The van der Waals surface area contributed by atoms with Gasteiger partial charge < -0.3 is 9.80 Å². The van der Waals surface area contributed by atoms with E-state index >= 15 is 0 Å². The number of nitrogens with one attached hydrogen (secondary N) is 1. The molecule has 1 N–H and O–H groups in total. The lowest BCUT2D eigenvalue weighted by Gasteiger charge is -2.36. The molecule has 2 amide bonds. The molecule has 150 valence electrons. The van der Waals surface area contributed by atoms with Gasteiger partial charge in [0.1, 0.15) is 0 Å². The highest BCUT2D eigenvalue weighted by atomic mass is 16.2. The lowest BCUT2D eigenvalue weighted by atomic mass is 9.97. The first-order chi connectivity index (χ1) is 13.4. The molecule has 4 rings (SSSR count). The van der Waals surface area contributed by atoms with Crippen molar-refractivity contribution in [1.29, 1.82) is 0 Å². The highest BCUT2D eigenvalue weighted by Gasteiger charge is 2.31. The molecule has 2 aromatic rings. The summed E-state index contributed by atoms with van der Waals surface area (Å²) in [6, 6.07) is 1.84. The van der Waals surface area contributed by atoms with Crippen molar-refractivity contribution in [1.82, 2.24) is 24.4 Å². The predicted molar refractivity (Wildman–Crippen MR) is 104 cm³/mol. The Morgan fingerprint density at radius 1 is 1.25 bits per heavy atom. The number of nitrogens with zero attached hydrogens (tertiary/aromatic N) is 4. The third-order valence-corrected chi connectivity index (χ3v) is 5.87. The first-order valence-electron chi connectivity index (χ1n) is 10.1. The number of likely N-dealkylation sites (tertiary alicyclic amines) is 1. The number of carbonyl (C=O) groups excluding carboxylic acids is 2. The largest absolute Gasteiger partial charge is 0.338 e. The van der Waals surface area contributed by atoms with Gasteiger partial charge in [0.15, 0.2) is 5.65 Å². The van der Waals surface area contributed by atoms with Crippen LogP contribution in [0.15, 0.2) is 10.9 Å². The summed E-state index contributed by atoms with van der Waals surface area (Å²) >= 11 is 0. The Hall–Kier alpha value is -2.64. The Kier molecular flexibility index (Phi) is 4.72. The molecule has 2 aliphatic heterocycles. The first kappa shape index (κ1) is 18.7. The number of fused-ring (bicyclic) bond motifs is 2. The van der Waals surface area contributed by atoms with Gasteiger partial charge in [-0.3, -0.25) is 19.5 Å². The maximum absolute atomic E-state index is 13.0. The number of hydrogen-bond donors (Lipinski definition) is 1. The van der Waals surface area contributed by atoms with Crippen LogP contribution in [0.3, 0.4) is 0 Å². The predicted octanol–water partition coefficient (Wildman–Crippen LogP) is 1.64. The quantitative estimate of drug-likeness (QED) is 0.851. The number of piperidine rings is 1. The lowest BCUT2D eigenvalue weighted by molar-refractivity contribution is -0.138. The van der Waals surface area contributed by atoms with Crippen molar-refractivity contribution >= 4 is 17.5 Å². The Bertz CT molecular complexity index is 990. The number of H-pyrrole nitrogens is 1. The van der Waals surface area contributed by atoms with Crippen LogP contribution in [0.1, 0.15) is 63.0 Å². The van der Waals surface area contributed by atoms with Crippen LogP contribution >= 0.6 is 0 Å². The van der Waals surface area contributed by atoms with E-state index in [9.17, 15) is 14.4 Å². The Balaban J connectivity index is 1.74. The summed E-state index contributed by atoms with van der Waals surface area (Å²) in [5, 5.41) is 3.20. The van der Waals surface area contributed by atoms with E-state index in [1.165, 1.54) is 11.4 Å². The van der Waals surface area contributed by atoms with E-state index in [2.05, 4.69) is 10.1 Å². The molecule has 8 nitrogen and oxygen atoms in total. The normalized spacial score (nSPS) is 19.9. The minimum absolute atomic E-state index is 0.0348. The zero-order chi connectivity index (χ0) is 20.0. The van der Waals surface area contributed by atoms with E-state index in [1.807, 2.05) is 24.8 Å². The van der Waals surface area contributed by atoms with Crippen molar-refractivity contribution in [2.75, 3.05) is 13.1 Å². The molecule has 4 heterocycles. The number of carbonyl (C=O) groups is 2. The van der Waals surface area contributed by atoms with Crippen LogP contribution in [0.5, 0.6) is 0 Å². The average Bonchev–Trinajstić information content (AvgIpc) is 3.11. The number of aromatic nitrogens is 3. The summed E-state index contributed by atoms with van der Waals surface area (Å²) in [6.45, 7) is 6.98. The molecule has 0 aliphatic carbocycles. The summed E-state index contributed by atoms with van der Waals surface area (Å²) in [7, 11) is 0. The number of rotatable bonds is 2. The smallest absolute Gasteiger partial charge is 0.277 e. The molecule has 0 bridgehead atoms. The van der Waals surface area contributed by atoms with Crippen LogP contribution in [0.25, 0.3) is 5.65 Å². The molecule has 1 atom stereocenters. The fourth-order valence-electron chi connectivity index (χ4n) is 4.29. The summed E-state index contributed by atoms with van der Waals surface area (Å²) in [4.78, 5) is 45.7. The molecule has 0 saturated carbocycles. The molecule has 0 radical (unpaired) electrons. The molecule has 28 heavy (non-hydrogen) atoms. The van der Waals surface area contributed by atoms with Crippen LogP contribution in [-0.4, -0.2) is 49.3 Å². The van der Waals surface area contributed by atoms with E-state index in [1.54, 1.807) is 4.90 Å². The van der Waals surface area contributed by atoms with Crippen LogP contribution in [0.2, 0.25) is 0 Å². The van der Waals surface area contributed by atoms with E-state index in [4.69, 9.17) is 0 Å². The zero-order valence-electron chi connectivity index (χ0n) is 16.7. The van der Waals surface area contributed by atoms with Gasteiger partial charge in [-0.2, -0.15) is 0 Å². The molecule has 2 aliphatic rings. The average molecular weight is 385 g/mol. The van der Waals surface area contributed by atoms with E-state index in [0.29, 0.717) is 30.7 Å². The summed E-state index contributed by atoms with van der Waals surface area (Å²) < 4.78 is 1.46. The van der Waals surface area contributed by atoms with Gasteiger partial charge in [-0.05, 0) is 19.3 Å². The van der Waals surface area contributed by atoms with Crippen molar-refractivity contribution in [3.63, 3.8) is 0 Å². The highest BCUT2D eigenvalue weighted by Crippen LogP contribution is 2.31. The standard InChI is InChI=1S/C20H27N5O3/c1-12(2)19(27)24-8-5-4-6-17(24)16-10-18-21-15-7-9-23(13(3)26)11-14(15)20(28)25(18)22-16/h10,12,17,22H,4-9,11H2,1-3H3. The monoisotopic (exact) mass is 385 g/mol. The topological polar surface area (TPSA) is 90.8 Å². The fraction of sp³-hybridized carbons (Fsp3) is 0.600. The van der Waals surface area contributed by atoms with Crippen LogP contribution < -0.4 is 5.56 Å². The van der Waals surface area contributed by atoms with Crippen LogP contribution in [-0.2, 0) is 22.6 Å². The second kappa shape index (κ2) is 7.07. The van der Waals surface area contributed by atoms with Gasteiger partial charge in [0.2, 0.25) is 11.8 Å². The van der Waals surface area contributed by atoms with Crippen molar-refractivity contribution in [2.24, 2.45) is 5.92 Å².